The predicted octanol–water partition coefficient (Wildman–Crippen LogP) is 4.96. The molecule has 0 atom stereocenters. The van der Waals surface area contributed by atoms with Gasteiger partial charge >= 0.3 is 0 Å². The van der Waals surface area contributed by atoms with E-state index in [4.69, 9.17) is 0 Å². The van der Waals surface area contributed by atoms with Gasteiger partial charge in [0.25, 0.3) is 0 Å². The summed E-state index contributed by atoms with van der Waals surface area (Å²) < 4.78 is 0. The maximum atomic E-state index is 9.28. The van der Waals surface area contributed by atoms with Crippen molar-refractivity contribution in [1.29, 1.82) is 0 Å². The van der Waals surface area contributed by atoms with Crippen molar-refractivity contribution in [3.63, 3.8) is 0 Å². The number of benzene rings is 2. The van der Waals surface area contributed by atoms with Crippen molar-refractivity contribution in [3.8, 4) is 16.9 Å². The Labute approximate surface area is 109 Å². The van der Waals surface area contributed by atoms with E-state index >= 15 is 0 Å². The monoisotopic (exact) mass is 240 g/mol. The minimum absolute atomic E-state index is 0.312. The first kappa shape index (κ1) is 12.7. The number of phenolic OH excluding ortho intramolecular Hbond substituents is 1. The molecule has 0 bridgehead atoms. The molecule has 1 N–H and O–H groups in total. The van der Waals surface area contributed by atoms with Gasteiger partial charge in [0.1, 0.15) is 5.75 Å². The zero-order valence-electron chi connectivity index (χ0n) is 11.1. The van der Waals surface area contributed by atoms with Gasteiger partial charge in [-0.3, -0.25) is 0 Å². The molecule has 0 aliphatic rings. The summed E-state index contributed by atoms with van der Waals surface area (Å²) in [6.45, 7) is 4.48. The summed E-state index contributed by atoms with van der Waals surface area (Å²) in [6, 6.07) is 16.1. The van der Waals surface area contributed by atoms with Crippen LogP contribution in [-0.2, 0) is 0 Å². The summed E-state index contributed by atoms with van der Waals surface area (Å²) in [6.07, 6.45) is 2.38. The zero-order chi connectivity index (χ0) is 13.0. The van der Waals surface area contributed by atoms with Crippen LogP contribution in [-0.4, -0.2) is 5.11 Å². The molecule has 0 radical (unpaired) electrons. The molecule has 1 heteroatoms. The van der Waals surface area contributed by atoms with Gasteiger partial charge in [-0.15, -0.1) is 0 Å². The van der Waals surface area contributed by atoms with Crippen LogP contribution >= 0.6 is 0 Å². The fourth-order valence-electron chi connectivity index (χ4n) is 2.36. The molecule has 2 aromatic rings. The molecule has 0 aliphatic carbocycles. The zero-order valence-corrected chi connectivity index (χ0v) is 11.1. The largest absolute Gasteiger partial charge is 0.508 e. The van der Waals surface area contributed by atoms with Crippen LogP contribution in [0.1, 0.15) is 38.2 Å². The second-order valence-corrected chi connectivity index (χ2v) is 4.68. The van der Waals surface area contributed by atoms with Crippen molar-refractivity contribution in [2.24, 2.45) is 0 Å². The maximum Gasteiger partial charge on any atom is 0.115 e. The Hall–Kier alpha value is -1.76. The van der Waals surface area contributed by atoms with E-state index in [1.807, 2.05) is 12.1 Å². The van der Waals surface area contributed by atoms with E-state index < -0.39 is 0 Å². The Balaban J connectivity index is 2.24. The fourth-order valence-corrected chi connectivity index (χ4v) is 2.36. The minimum atomic E-state index is 0.312. The smallest absolute Gasteiger partial charge is 0.115 e. The molecular formula is C17H20O. The van der Waals surface area contributed by atoms with Crippen LogP contribution in [0.2, 0.25) is 0 Å². The average molecular weight is 240 g/mol. The molecule has 0 amide bonds. The van der Waals surface area contributed by atoms with Crippen molar-refractivity contribution < 1.29 is 5.11 Å². The number of rotatable bonds is 4. The van der Waals surface area contributed by atoms with Gasteiger partial charge in [-0.1, -0.05) is 50.2 Å². The van der Waals surface area contributed by atoms with Crippen LogP contribution in [0.15, 0.2) is 48.5 Å². The third kappa shape index (κ3) is 2.73. The van der Waals surface area contributed by atoms with E-state index in [1.165, 1.54) is 24.0 Å². The van der Waals surface area contributed by atoms with Crippen LogP contribution in [0.3, 0.4) is 0 Å². The molecule has 1 nitrogen and oxygen atoms in total. The van der Waals surface area contributed by atoms with E-state index in [-0.39, 0.29) is 0 Å². The molecule has 0 aromatic heterocycles. The molecule has 0 saturated heterocycles. The molecule has 2 rings (SSSR count). The Bertz CT molecular complexity index is 478. The lowest BCUT2D eigenvalue weighted by molar-refractivity contribution is 0.475. The van der Waals surface area contributed by atoms with Crippen molar-refractivity contribution in [1.82, 2.24) is 0 Å². The van der Waals surface area contributed by atoms with Crippen LogP contribution in [0, 0.1) is 0 Å². The highest BCUT2D eigenvalue weighted by Gasteiger charge is 2.06. The summed E-state index contributed by atoms with van der Waals surface area (Å²) in [5.41, 5.74) is 3.76. The summed E-state index contributed by atoms with van der Waals surface area (Å²) in [5, 5.41) is 9.28. The van der Waals surface area contributed by atoms with Crippen molar-refractivity contribution in [2.45, 2.75) is 32.6 Å². The molecule has 94 valence electrons. The molecule has 0 fully saturated rings. The molecule has 0 heterocycles. The molecule has 0 spiro atoms. The number of hydrogen-bond donors (Lipinski definition) is 1. The van der Waals surface area contributed by atoms with Crippen LogP contribution in [0.4, 0.5) is 0 Å². The van der Waals surface area contributed by atoms with Gasteiger partial charge in [0.05, 0.1) is 0 Å². The first-order valence-corrected chi connectivity index (χ1v) is 6.64. The van der Waals surface area contributed by atoms with Crippen LogP contribution in [0.5, 0.6) is 5.75 Å². The number of phenols is 1. The van der Waals surface area contributed by atoms with E-state index in [9.17, 15) is 5.11 Å². The maximum absolute atomic E-state index is 9.28. The Kier molecular flexibility index (Phi) is 4.03. The molecule has 18 heavy (non-hydrogen) atoms. The highest BCUT2D eigenvalue weighted by molar-refractivity contribution is 5.64. The molecule has 0 unspecified atom stereocenters. The lowest BCUT2D eigenvalue weighted by Gasteiger charge is -2.13. The van der Waals surface area contributed by atoms with E-state index in [0.29, 0.717) is 11.7 Å². The van der Waals surface area contributed by atoms with E-state index in [0.717, 1.165) is 5.56 Å². The van der Waals surface area contributed by atoms with Gasteiger partial charge in [-0.25, -0.2) is 0 Å². The summed E-state index contributed by atoms with van der Waals surface area (Å²) in [7, 11) is 0. The third-order valence-corrected chi connectivity index (χ3v) is 3.57. The minimum Gasteiger partial charge on any atom is -0.508 e. The highest BCUT2D eigenvalue weighted by atomic mass is 16.3. The van der Waals surface area contributed by atoms with Gasteiger partial charge in [-0.05, 0) is 47.6 Å². The number of hydrogen-bond acceptors (Lipinski definition) is 1. The fraction of sp³-hybridized carbons (Fsp3) is 0.294. The van der Waals surface area contributed by atoms with Gasteiger partial charge < -0.3 is 5.11 Å². The summed E-state index contributed by atoms with van der Waals surface area (Å²) in [5.74, 6) is 0.978. The molecular weight excluding hydrogens is 220 g/mol. The Morgan fingerprint density at radius 3 is 1.67 bits per heavy atom. The van der Waals surface area contributed by atoms with Gasteiger partial charge in [-0.2, -0.15) is 0 Å². The highest BCUT2D eigenvalue weighted by Crippen LogP contribution is 2.27. The quantitative estimate of drug-likeness (QED) is 0.800. The lowest BCUT2D eigenvalue weighted by Crippen LogP contribution is -1.94. The van der Waals surface area contributed by atoms with Gasteiger partial charge in [0.15, 0.2) is 0 Å². The second-order valence-electron chi connectivity index (χ2n) is 4.68. The van der Waals surface area contributed by atoms with Crippen LogP contribution in [0.25, 0.3) is 11.1 Å². The topological polar surface area (TPSA) is 20.2 Å². The van der Waals surface area contributed by atoms with Crippen molar-refractivity contribution in [2.75, 3.05) is 0 Å². The van der Waals surface area contributed by atoms with Crippen molar-refractivity contribution in [3.05, 3.63) is 54.1 Å². The second kappa shape index (κ2) is 5.72. The van der Waals surface area contributed by atoms with E-state index in [2.05, 4.69) is 38.1 Å². The SMILES string of the molecule is CCC(CC)c1ccc(-c2ccc(O)cc2)cc1. The normalized spacial score (nSPS) is 10.8. The Morgan fingerprint density at radius 1 is 0.778 bits per heavy atom. The lowest BCUT2D eigenvalue weighted by atomic mass is 9.92. The van der Waals surface area contributed by atoms with Gasteiger partial charge in [0, 0.05) is 0 Å². The summed E-state index contributed by atoms with van der Waals surface area (Å²) >= 11 is 0. The molecule has 0 aliphatic heterocycles. The average Bonchev–Trinajstić information content (AvgIpc) is 2.42. The first-order valence-electron chi connectivity index (χ1n) is 6.64. The van der Waals surface area contributed by atoms with E-state index in [1.54, 1.807) is 12.1 Å². The first-order chi connectivity index (χ1) is 8.74. The number of aromatic hydroxyl groups is 1. The standard InChI is InChI=1S/C17H20O/c1-3-13(4-2)14-5-7-15(8-6-14)16-9-11-17(18)12-10-16/h5-13,18H,3-4H2,1-2H3. The molecule has 2 aromatic carbocycles. The van der Waals surface area contributed by atoms with Crippen LogP contribution < -0.4 is 0 Å². The third-order valence-electron chi connectivity index (χ3n) is 3.57. The van der Waals surface area contributed by atoms with Crippen molar-refractivity contribution >= 4 is 0 Å². The Morgan fingerprint density at radius 2 is 1.22 bits per heavy atom. The molecule has 0 saturated carbocycles. The summed E-state index contributed by atoms with van der Waals surface area (Å²) in [4.78, 5) is 0. The van der Waals surface area contributed by atoms with Gasteiger partial charge in [0.2, 0.25) is 0 Å². The predicted molar refractivity (Wildman–Crippen MR) is 76.9 cm³/mol.